The second-order valence-electron chi connectivity index (χ2n) is 5.41. The maximum Gasteiger partial charge on any atom is 0.244 e. The first-order chi connectivity index (χ1) is 11.4. The van der Waals surface area contributed by atoms with Crippen molar-refractivity contribution in [1.29, 1.82) is 0 Å². The minimum Gasteiger partial charge on any atom is -0.473 e. The zero-order valence-electron chi connectivity index (χ0n) is 12.8. The average Bonchev–Trinajstić information content (AvgIpc) is 2.99. The molecule has 1 aromatic carbocycles. The highest BCUT2D eigenvalue weighted by molar-refractivity contribution is 7.89. The molecule has 9 heteroatoms. The fraction of sp³-hybridized carbons (Fsp3) is 0.333. The zero-order chi connectivity index (χ0) is 17.3. The summed E-state index contributed by atoms with van der Waals surface area (Å²) in [7, 11) is -3.72. The van der Waals surface area contributed by atoms with Gasteiger partial charge >= 0.3 is 0 Å². The number of hydrogen-bond donors (Lipinski definition) is 0. The van der Waals surface area contributed by atoms with Crippen molar-refractivity contribution in [3.8, 4) is 5.88 Å². The first-order valence-electron chi connectivity index (χ1n) is 7.28. The van der Waals surface area contributed by atoms with Crippen LogP contribution in [0.1, 0.15) is 12.2 Å². The average molecular weight is 388 g/mol. The van der Waals surface area contributed by atoms with Crippen LogP contribution < -0.4 is 4.74 Å². The molecule has 2 aromatic rings. The Morgan fingerprint density at radius 1 is 1.29 bits per heavy atom. The van der Waals surface area contributed by atoms with Crippen molar-refractivity contribution in [1.82, 2.24) is 14.3 Å². The maximum absolute atomic E-state index is 12.8. The molecular weight excluding hydrogens is 373 g/mol. The quantitative estimate of drug-likeness (QED) is 0.806. The Kier molecular flexibility index (Phi) is 4.96. The van der Waals surface area contributed by atoms with Gasteiger partial charge in [0.2, 0.25) is 15.9 Å². The lowest BCUT2D eigenvalue weighted by Crippen LogP contribution is -2.31. The minimum absolute atomic E-state index is 0.00944. The molecule has 0 N–H and O–H groups in total. The van der Waals surface area contributed by atoms with Crippen LogP contribution in [0, 0.1) is 6.92 Å². The van der Waals surface area contributed by atoms with Crippen molar-refractivity contribution >= 4 is 33.2 Å². The van der Waals surface area contributed by atoms with Crippen molar-refractivity contribution < 1.29 is 13.2 Å². The van der Waals surface area contributed by atoms with Gasteiger partial charge in [0, 0.05) is 23.8 Å². The number of nitrogens with zero attached hydrogens (tertiary/aromatic N) is 3. The third-order valence-electron chi connectivity index (χ3n) is 3.66. The monoisotopic (exact) mass is 387 g/mol. The summed E-state index contributed by atoms with van der Waals surface area (Å²) < 4.78 is 32.6. The number of aromatic nitrogens is 2. The highest BCUT2D eigenvalue weighted by Gasteiger charge is 2.35. The van der Waals surface area contributed by atoms with Crippen LogP contribution in [-0.2, 0) is 10.0 Å². The molecule has 6 nitrogen and oxygen atoms in total. The minimum atomic E-state index is -3.72. The SMILES string of the molecule is Cc1nccc(O[C@H]2CCN(S(=O)(=O)c3cc(Cl)ccc3Cl)C2)n1. The number of benzene rings is 1. The van der Waals surface area contributed by atoms with E-state index in [1.807, 2.05) is 0 Å². The summed E-state index contributed by atoms with van der Waals surface area (Å²) in [4.78, 5) is 8.18. The van der Waals surface area contributed by atoms with Crippen LogP contribution in [0.15, 0.2) is 35.4 Å². The van der Waals surface area contributed by atoms with E-state index < -0.39 is 10.0 Å². The topological polar surface area (TPSA) is 72.4 Å². The summed E-state index contributed by atoms with van der Waals surface area (Å²) in [6.45, 7) is 2.34. The second-order valence-corrected chi connectivity index (χ2v) is 8.16. The standard InChI is InChI=1S/C15H15Cl2N3O3S/c1-10-18-6-4-15(19-10)23-12-5-7-20(9-12)24(21,22)14-8-11(16)2-3-13(14)17/h2-4,6,8,12H,5,7,9H2,1H3/t12-/m0/s1. The van der Waals surface area contributed by atoms with Gasteiger partial charge in [-0.15, -0.1) is 0 Å². The van der Waals surface area contributed by atoms with E-state index in [0.29, 0.717) is 29.7 Å². The summed E-state index contributed by atoms with van der Waals surface area (Å²) in [6, 6.07) is 6.04. The van der Waals surface area contributed by atoms with Gasteiger partial charge in [0.1, 0.15) is 16.8 Å². The van der Waals surface area contributed by atoms with Crippen molar-refractivity contribution in [2.24, 2.45) is 0 Å². The Bertz CT molecular complexity index is 861. The van der Waals surface area contributed by atoms with E-state index in [9.17, 15) is 8.42 Å². The van der Waals surface area contributed by atoms with Crippen molar-refractivity contribution in [3.63, 3.8) is 0 Å². The van der Waals surface area contributed by atoms with E-state index in [0.717, 1.165) is 0 Å². The number of rotatable bonds is 4. The smallest absolute Gasteiger partial charge is 0.244 e. The molecule has 1 aromatic heterocycles. The predicted molar refractivity (Wildman–Crippen MR) is 91.0 cm³/mol. The van der Waals surface area contributed by atoms with Gasteiger partial charge in [-0.2, -0.15) is 9.29 Å². The van der Waals surface area contributed by atoms with Gasteiger partial charge in [0.05, 0.1) is 11.6 Å². The molecule has 1 atom stereocenters. The molecule has 24 heavy (non-hydrogen) atoms. The number of ether oxygens (including phenoxy) is 1. The molecule has 0 saturated carbocycles. The Balaban J connectivity index is 1.76. The molecule has 3 rings (SSSR count). The van der Waals surface area contributed by atoms with Crippen molar-refractivity contribution in [2.75, 3.05) is 13.1 Å². The molecule has 1 aliphatic rings. The molecule has 128 valence electrons. The van der Waals surface area contributed by atoms with Gasteiger partial charge in [0.25, 0.3) is 0 Å². The Morgan fingerprint density at radius 2 is 2.08 bits per heavy atom. The highest BCUT2D eigenvalue weighted by atomic mass is 35.5. The molecule has 0 amide bonds. The molecule has 0 bridgehead atoms. The molecular formula is C15H15Cl2N3O3S. The summed E-state index contributed by atoms with van der Waals surface area (Å²) in [5.41, 5.74) is 0. The largest absolute Gasteiger partial charge is 0.473 e. The van der Waals surface area contributed by atoms with Crippen LogP contribution in [0.25, 0.3) is 0 Å². The molecule has 2 heterocycles. The fourth-order valence-electron chi connectivity index (χ4n) is 2.50. The van der Waals surface area contributed by atoms with Crippen LogP contribution in [-0.4, -0.2) is 41.9 Å². The normalized spacial score (nSPS) is 18.7. The number of hydrogen-bond acceptors (Lipinski definition) is 5. The van der Waals surface area contributed by atoms with E-state index in [4.69, 9.17) is 27.9 Å². The molecule has 1 saturated heterocycles. The molecule has 1 fully saturated rings. The van der Waals surface area contributed by atoms with Gasteiger partial charge in [-0.1, -0.05) is 23.2 Å². The summed E-state index contributed by atoms with van der Waals surface area (Å²) in [5.74, 6) is 1.04. The summed E-state index contributed by atoms with van der Waals surface area (Å²) in [6.07, 6.45) is 1.90. The number of aryl methyl sites for hydroxylation is 1. The number of halogens is 2. The Hall–Kier alpha value is -1.41. The Labute approximate surface area is 150 Å². The first-order valence-corrected chi connectivity index (χ1v) is 9.47. The lowest BCUT2D eigenvalue weighted by Gasteiger charge is -2.18. The lowest BCUT2D eigenvalue weighted by molar-refractivity contribution is 0.206. The second kappa shape index (κ2) is 6.84. The molecule has 1 aliphatic heterocycles. The summed E-state index contributed by atoms with van der Waals surface area (Å²) in [5, 5.41) is 0.469. The van der Waals surface area contributed by atoms with E-state index >= 15 is 0 Å². The number of sulfonamides is 1. The van der Waals surface area contributed by atoms with E-state index in [-0.39, 0.29) is 22.6 Å². The lowest BCUT2D eigenvalue weighted by atomic mass is 10.3. The van der Waals surface area contributed by atoms with Gasteiger partial charge in [-0.3, -0.25) is 0 Å². The van der Waals surface area contributed by atoms with Crippen LogP contribution in [0.3, 0.4) is 0 Å². The van der Waals surface area contributed by atoms with Gasteiger partial charge < -0.3 is 4.74 Å². The maximum atomic E-state index is 12.8. The van der Waals surface area contributed by atoms with Gasteiger partial charge in [-0.25, -0.2) is 13.4 Å². The zero-order valence-corrected chi connectivity index (χ0v) is 15.1. The van der Waals surface area contributed by atoms with Crippen molar-refractivity contribution in [3.05, 3.63) is 46.3 Å². The fourth-order valence-corrected chi connectivity index (χ4v) is 4.72. The van der Waals surface area contributed by atoms with Crippen LogP contribution in [0.4, 0.5) is 0 Å². The van der Waals surface area contributed by atoms with E-state index in [1.165, 1.54) is 16.4 Å². The van der Waals surface area contributed by atoms with Gasteiger partial charge in [-0.05, 0) is 31.5 Å². The van der Waals surface area contributed by atoms with Crippen LogP contribution >= 0.6 is 23.2 Å². The molecule has 0 spiro atoms. The van der Waals surface area contributed by atoms with E-state index in [1.54, 1.807) is 25.3 Å². The van der Waals surface area contributed by atoms with E-state index in [2.05, 4.69) is 9.97 Å². The summed E-state index contributed by atoms with van der Waals surface area (Å²) >= 11 is 11.9. The van der Waals surface area contributed by atoms with Crippen LogP contribution in [0.5, 0.6) is 5.88 Å². The molecule has 0 aliphatic carbocycles. The third kappa shape index (κ3) is 3.64. The first kappa shape index (κ1) is 17.4. The van der Waals surface area contributed by atoms with Crippen molar-refractivity contribution in [2.45, 2.75) is 24.3 Å². The molecule has 0 unspecified atom stereocenters. The third-order valence-corrected chi connectivity index (χ3v) is 6.24. The van der Waals surface area contributed by atoms with Crippen LogP contribution in [0.2, 0.25) is 10.0 Å². The Morgan fingerprint density at radius 3 is 2.83 bits per heavy atom. The van der Waals surface area contributed by atoms with Gasteiger partial charge in [0.15, 0.2) is 0 Å². The highest BCUT2D eigenvalue weighted by Crippen LogP contribution is 2.30. The predicted octanol–water partition coefficient (Wildman–Crippen LogP) is 2.93. The molecule has 0 radical (unpaired) electrons.